The summed E-state index contributed by atoms with van der Waals surface area (Å²) in [6.07, 6.45) is 7.05. The predicted octanol–water partition coefficient (Wildman–Crippen LogP) is 6.11. The molecule has 0 atom stereocenters. The Balaban J connectivity index is 1.85. The SMILES string of the molecule is CC1(C)C=Cc2c(ccc3c2OC(C)(C)C/C3=C\c2ccc(F)cc2)O1. The van der Waals surface area contributed by atoms with E-state index in [1.165, 1.54) is 17.7 Å². The van der Waals surface area contributed by atoms with E-state index in [4.69, 9.17) is 9.47 Å². The van der Waals surface area contributed by atoms with Crippen LogP contribution in [0.1, 0.15) is 50.8 Å². The standard InChI is InChI=1S/C23H23FO2/c1-22(2)12-11-19-20(25-22)10-9-18-16(14-23(3,4)26-21(18)19)13-15-5-7-17(24)8-6-15/h5-13H,14H2,1-4H3/b16-13+. The first-order valence-electron chi connectivity index (χ1n) is 8.93. The molecule has 0 aromatic heterocycles. The van der Waals surface area contributed by atoms with Crippen molar-refractivity contribution in [1.29, 1.82) is 0 Å². The fourth-order valence-electron chi connectivity index (χ4n) is 3.55. The van der Waals surface area contributed by atoms with Crippen molar-refractivity contribution >= 4 is 17.7 Å². The average Bonchev–Trinajstić information content (AvgIpc) is 2.54. The van der Waals surface area contributed by atoms with Crippen LogP contribution in [0.25, 0.3) is 17.7 Å². The zero-order valence-electron chi connectivity index (χ0n) is 15.6. The molecule has 0 radical (unpaired) electrons. The molecule has 4 rings (SSSR count). The van der Waals surface area contributed by atoms with Crippen LogP contribution in [0.4, 0.5) is 4.39 Å². The highest BCUT2D eigenvalue weighted by atomic mass is 19.1. The van der Waals surface area contributed by atoms with Crippen LogP contribution in [0.3, 0.4) is 0 Å². The monoisotopic (exact) mass is 350 g/mol. The van der Waals surface area contributed by atoms with E-state index in [0.29, 0.717) is 0 Å². The summed E-state index contributed by atoms with van der Waals surface area (Å²) in [6.45, 7) is 8.25. The van der Waals surface area contributed by atoms with Crippen molar-refractivity contribution in [3.8, 4) is 11.5 Å². The zero-order chi connectivity index (χ0) is 18.5. The summed E-state index contributed by atoms with van der Waals surface area (Å²) in [4.78, 5) is 0. The van der Waals surface area contributed by atoms with Gasteiger partial charge in [-0.3, -0.25) is 0 Å². The van der Waals surface area contributed by atoms with Gasteiger partial charge in [-0.15, -0.1) is 0 Å². The largest absolute Gasteiger partial charge is 0.486 e. The van der Waals surface area contributed by atoms with Crippen molar-refractivity contribution in [2.45, 2.75) is 45.3 Å². The minimum absolute atomic E-state index is 0.223. The van der Waals surface area contributed by atoms with Gasteiger partial charge >= 0.3 is 0 Å². The Hall–Kier alpha value is -2.55. The molecule has 26 heavy (non-hydrogen) atoms. The van der Waals surface area contributed by atoms with Crippen molar-refractivity contribution in [3.05, 3.63) is 65.0 Å². The lowest BCUT2D eigenvalue weighted by atomic mass is 9.86. The molecular weight excluding hydrogens is 327 g/mol. The van der Waals surface area contributed by atoms with Crippen LogP contribution < -0.4 is 9.47 Å². The van der Waals surface area contributed by atoms with Crippen molar-refractivity contribution in [2.75, 3.05) is 0 Å². The van der Waals surface area contributed by atoms with E-state index in [1.807, 2.05) is 19.9 Å². The highest BCUT2D eigenvalue weighted by molar-refractivity contribution is 5.88. The summed E-state index contributed by atoms with van der Waals surface area (Å²) in [5.74, 6) is 1.48. The van der Waals surface area contributed by atoms with Crippen molar-refractivity contribution in [1.82, 2.24) is 0 Å². The van der Waals surface area contributed by atoms with E-state index in [1.54, 1.807) is 12.1 Å². The van der Waals surface area contributed by atoms with Crippen LogP contribution in [0.15, 0.2) is 42.5 Å². The third kappa shape index (κ3) is 3.14. The van der Waals surface area contributed by atoms with Crippen molar-refractivity contribution < 1.29 is 13.9 Å². The van der Waals surface area contributed by atoms with Crippen LogP contribution in [0.2, 0.25) is 0 Å². The molecule has 0 bridgehead atoms. The molecule has 0 saturated carbocycles. The maximum atomic E-state index is 13.2. The molecule has 0 amide bonds. The van der Waals surface area contributed by atoms with E-state index >= 15 is 0 Å². The van der Waals surface area contributed by atoms with Gasteiger partial charge in [0.2, 0.25) is 0 Å². The summed E-state index contributed by atoms with van der Waals surface area (Å²) >= 11 is 0. The van der Waals surface area contributed by atoms with E-state index in [-0.39, 0.29) is 17.0 Å². The molecule has 2 aliphatic rings. The predicted molar refractivity (Wildman–Crippen MR) is 104 cm³/mol. The second kappa shape index (κ2) is 5.73. The van der Waals surface area contributed by atoms with Gasteiger partial charge in [0.05, 0.1) is 5.56 Å². The Morgan fingerprint density at radius 2 is 1.69 bits per heavy atom. The number of benzene rings is 2. The third-order valence-electron chi connectivity index (χ3n) is 4.73. The van der Waals surface area contributed by atoms with E-state index < -0.39 is 0 Å². The highest BCUT2D eigenvalue weighted by Crippen LogP contribution is 2.48. The first kappa shape index (κ1) is 16.9. The van der Waals surface area contributed by atoms with Gasteiger partial charge in [-0.05, 0) is 75.2 Å². The minimum Gasteiger partial charge on any atom is -0.486 e. The summed E-state index contributed by atoms with van der Waals surface area (Å²) in [7, 11) is 0. The first-order valence-corrected chi connectivity index (χ1v) is 8.93. The Labute approximate surface area is 154 Å². The molecule has 0 fully saturated rings. The quantitative estimate of drug-likeness (QED) is 0.617. The third-order valence-corrected chi connectivity index (χ3v) is 4.73. The normalized spacial score (nSPS) is 20.7. The molecule has 2 nitrogen and oxygen atoms in total. The molecule has 2 aromatic carbocycles. The maximum absolute atomic E-state index is 13.2. The van der Waals surface area contributed by atoms with Crippen LogP contribution in [-0.2, 0) is 0 Å². The highest BCUT2D eigenvalue weighted by Gasteiger charge is 2.34. The fourth-order valence-corrected chi connectivity index (χ4v) is 3.55. The summed E-state index contributed by atoms with van der Waals surface area (Å²) < 4.78 is 25.6. The topological polar surface area (TPSA) is 18.5 Å². The molecule has 0 aliphatic carbocycles. The molecule has 0 N–H and O–H groups in total. The minimum atomic E-state index is -0.325. The Kier molecular flexibility index (Phi) is 3.72. The van der Waals surface area contributed by atoms with E-state index in [2.05, 4.69) is 38.1 Å². The molecule has 2 aromatic rings. The van der Waals surface area contributed by atoms with Crippen LogP contribution >= 0.6 is 0 Å². The number of halogens is 1. The first-order chi connectivity index (χ1) is 12.2. The molecule has 0 saturated heterocycles. The van der Waals surface area contributed by atoms with Crippen molar-refractivity contribution in [3.63, 3.8) is 0 Å². The van der Waals surface area contributed by atoms with Gasteiger partial charge in [0.15, 0.2) is 0 Å². The van der Waals surface area contributed by atoms with Crippen LogP contribution in [-0.4, -0.2) is 11.2 Å². The van der Waals surface area contributed by atoms with Crippen LogP contribution in [0.5, 0.6) is 11.5 Å². The van der Waals surface area contributed by atoms with Gasteiger partial charge < -0.3 is 9.47 Å². The number of rotatable bonds is 1. The Morgan fingerprint density at radius 1 is 0.962 bits per heavy atom. The number of fused-ring (bicyclic) bond motifs is 3. The number of ether oxygens (including phenoxy) is 2. The maximum Gasteiger partial charge on any atom is 0.138 e. The molecule has 0 unspecified atom stereocenters. The van der Waals surface area contributed by atoms with Gasteiger partial charge in [0, 0.05) is 12.0 Å². The summed E-state index contributed by atoms with van der Waals surface area (Å²) in [5.41, 5.74) is 3.58. The summed E-state index contributed by atoms with van der Waals surface area (Å²) in [6, 6.07) is 10.7. The molecule has 2 heterocycles. The number of hydrogen-bond donors (Lipinski definition) is 0. The van der Waals surface area contributed by atoms with Gasteiger partial charge in [-0.25, -0.2) is 4.39 Å². The second-order valence-electron chi connectivity index (χ2n) is 8.15. The second-order valence-corrected chi connectivity index (χ2v) is 8.15. The number of hydrogen-bond acceptors (Lipinski definition) is 2. The molecule has 3 heteroatoms. The molecule has 0 spiro atoms. The molecule has 134 valence electrons. The fraction of sp³-hybridized carbons (Fsp3) is 0.304. The van der Waals surface area contributed by atoms with Gasteiger partial charge in [0.25, 0.3) is 0 Å². The molecule has 2 aliphatic heterocycles. The van der Waals surface area contributed by atoms with Crippen molar-refractivity contribution in [2.24, 2.45) is 0 Å². The lowest BCUT2D eigenvalue weighted by Crippen LogP contribution is -2.33. The zero-order valence-corrected chi connectivity index (χ0v) is 15.6. The van der Waals surface area contributed by atoms with E-state index in [0.717, 1.165) is 34.6 Å². The Bertz CT molecular complexity index is 918. The lowest BCUT2D eigenvalue weighted by Gasteiger charge is -2.37. The summed E-state index contributed by atoms with van der Waals surface area (Å²) in [5, 5.41) is 0. The average molecular weight is 350 g/mol. The molecular formula is C23H23FO2. The van der Waals surface area contributed by atoms with Gasteiger partial charge in [0.1, 0.15) is 28.5 Å². The van der Waals surface area contributed by atoms with Gasteiger partial charge in [-0.1, -0.05) is 18.2 Å². The van der Waals surface area contributed by atoms with E-state index in [9.17, 15) is 4.39 Å². The van der Waals surface area contributed by atoms with Gasteiger partial charge in [-0.2, -0.15) is 0 Å². The smallest absolute Gasteiger partial charge is 0.138 e. The van der Waals surface area contributed by atoms with Crippen LogP contribution in [0, 0.1) is 5.82 Å². The Morgan fingerprint density at radius 3 is 2.42 bits per heavy atom. The lowest BCUT2D eigenvalue weighted by molar-refractivity contribution is 0.105.